The first-order chi connectivity index (χ1) is 8.36. The topological polar surface area (TPSA) is 75.9 Å². The third-order valence-electron chi connectivity index (χ3n) is 2.70. The molecule has 0 aliphatic rings. The Morgan fingerprint density at radius 2 is 2.12 bits per heavy atom. The number of unbranched alkanes of at least 4 members (excludes halogenated alkanes) is 2. The van der Waals surface area contributed by atoms with E-state index in [1.165, 1.54) is 0 Å². The Morgan fingerprint density at radius 3 is 2.88 bits per heavy atom. The quantitative estimate of drug-likeness (QED) is 0.731. The molecule has 6 heteroatoms. The summed E-state index contributed by atoms with van der Waals surface area (Å²) >= 11 is 0. The van der Waals surface area contributed by atoms with Gasteiger partial charge in [-0.3, -0.25) is 0 Å². The molecule has 0 unspecified atom stereocenters. The minimum Gasteiger partial charge on any atom is -0.396 e. The highest BCUT2D eigenvalue weighted by atomic mass is 16.2. The molecule has 0 fully saturated rings. The standard InChI is InChI=1S/C11H17N5O/c1-12-10-9-11(14-7-13-10)16(8-15-9)5-3-2-4-6-17/h7-8,17H,2-6H2,1H3,(H,12,13,14). The minimum absolute atomic E-state index is 0.261. The van der Waals surface area contributed by atoms with E-state index >= 15 is 0 Å². The minimum atomic E-state index is 0.261. The van der Waals surface area contributed by atoms with Crippen LogP contribution in [-0.4, -0.2) is 38.3 Å². The van der Waals surface area contributed by atoms with Crippen molar-refractivity contribution in [3.8, 4) is 0 Å². The second-order valence-corrected chi connectivity index (χ2v) is 3.87. The van der Waals surface area contributed by atoms with Crippen LogP contribution in [0.2, 0.25) is 0 Å². The van der Waals surface area contributed by atoms with E-state index in [-0.39, 0.29) is 6.61 Å². The molecule has 0 bridgehead atoms. The summed E-state index contributed by atoms with van der Waals surface area (Å²) < 4.78 is 2.02. The Balaban J connectivity index is 2.13. The highest BCUT2D eigenvalue weighted by Gasteiger charge is 2.08. The van der Waals surface area contributed by atoms with Gasteiger partial charge in [-0.2, -0.15) is 0 Å². The molecular formula is C11H17N5O. The molecule has 2 rings (SSSR count). The van der Waals surface area contributed by atoms with Gasteiger partial charge in [0.1, 0.15) is 11.8 Å². The van der Waals surface area contributed by atoms with E-state index in [0.29, 0.717) is 0 Å². The van der Waals surface area contributed by atoms with Crippen LogP contribution in [-0.2, 0) is 6.54 Å². The molecule has 0 aliphatic carbocycles. The number of aryl methyl sites for hydroxylation is 1. The zero-order valence-corrected chi connectivity index (χ0v) is 9.93. The van der Waals surface area contributed by atoms with Crippen molar-refractivity contribution in [1.82, 2.24) is 19.5 Å². The molecule has 0 radical (unpaired) electrons. The van der Waals surface area contributed by atoms with E-state index in [9.17, 15) is 0 Å². The van der Waals surface area contributed by atoms with Gasteiger partial charge in [0.05, 0.1) is 6.33 Å². The maximum Gasteiger partial charge on any atom is 0.165 e. The Labute approximate surface area is 99.7 Å². The van der Waals surface area contributed by atoms with Gasteiger partial charge in [0.15, 0.2) is 11.5 Å². The fraction of sp³-hybridized carbons (Fsp3) is 0.545. The van der Waals surface area contributed by atoms with Gasteiger partial charge in [0, 0.05) is 20.2 Å². The van der Waals surface area contributed by atoms with Gasteiger partial charge in [0.25, 0.3) is 0 Å². The number of nitrogens with zero attached hydrogens (tertiary/aromatic N) is 4. The number of rotatable bonds is 6. The van der Waals surface area contributed by atoms with Crippen molar-refractivity contribution < 1.29 is 5.11 Å². The van der Waals surface area contributed by atoms with Crippen molar-refractivity contribution in [2.45, 2.75) is 25.8 Å². The predicted molar refractivity (Wildman–Crippen MR) is 65.8 cm³/mol. The lowest BCUT2D eigenvalue weighted by Gasteiger charge is -2.03. The maximum absolute atomic E-state index is 8.72. The molecule has 0 atom stereocenters. The SMILES string of the molecule is CNc1ncnc2c1ncn2CCCCCO. The molecule has 0 saturated heterocycles. The number of imidazole rings is 1. The van der Waals surface area contributed by atoms with Crippen LogP contribution in [0.1, 0.15) is 19.3 Å². The summed E-state index contributed by atoms with van der Waals surface area (Å²) in [5.74, 6) is 0.754. The average molecular weight is 235 g/mol. The Kier molecular flexibility index (Phi) is 3.87. The third kappa shape index (κ3) is 2.52. The molecule has 0 saturated carbocycles. The number of hydrogen-bond donors (Lipinski definition) is 2. The van der Waals surface area contributed by atoms with Crippen LogP contribution in [0.15, 0.2) is 12.7 Å². The zero-order chi connectivity index (χ0) is 12.1. The number of anilines is 1. The Bertz CT molecular complexity index is 482. The molecule has 92 valence electrons. The molecule has 2 aromatic rings. The van der Waals surface area contributed by atoms with E-state index in [1.54, 1.807) is 12.7 Å². The second kappa shape index (κ2) is 5.58. The third-order valence-corrected chi connectivity index (χ3v) is 2.70. The summed E-state index contributed by atoms with van der Waals surface area (Å²) in [4.78, 5) is 12.7. The molecule has 2 heterocycles. The van der Waals surface area contributed by atoms with Gasteiger partial charge in [-0.1, -0.05) is 0 Å². The van der Waals surface area contributed by atoms with Gasteiger partial charge in [-0.25, -0.2) is 15.0 Å². The fourth-order valence-corrected chi connectivity index (χ4v) is 1.80. The molecule has 0 aliphatic heterocycles. The Morgan fingerprint density at radius 1 is 1.24 bits per heavy atom. The zero-order valence-electron chi connectivity index (χ0n) is 9.93. The first kappa shape index (κ1) is 11.8. The van der Waals surface area contributed by atoms with E-state index in [2.05, 4.69) is 20.3 Å². The molecule has 0 spiro atoms. The van der Waals surface area contributed by atoms with Gasteiger partial charge in [-0.15, -0.1) is 0 Å². The van der Waals surface area contributed by atoms with Crippen molar-refractivity contribution in [1.29, 1.82) is 0 Å². The number of fused-ring (bicyclic) bond motifs is 1. The average Bonchev–Trinajstić information content (AvgIpc) is 2.78. The smallest absolute Gasteiger partial charge is 0.165 e. The van der Waals surface area contributed by atoms with Crippen LogP contribution in [0.25, 0.3) is 11.2 Å². The Hall–Kier alpha value is -1.69. The summed E-state index contributed by atoms with van der Waals surface area (Å²) in [5, 5.41) is 11.7. The lowest BCUT2D eigenvalue weighted by molar-refractivity contribution is 0.282. The van der Waals surface area contributed by atoms with Crippen molar-refractivity contribution in [2.75, 3.05) is 19.0 Å². The summed E-state index contributed by atoms with van der Waals surface area (Å²) in [7, 11) is 1.82. The lowest BCUT2D eigenvalue weighted by atomic mass is 10.2. The number of aliphatic hydroxyl groups excluding tert-OH is 1. The van der Waals surface area contributed by atoms with Gasteiger partial charge >= 0.3 is 0 Å². The van der Waals surface area contributed by atoms with Crippen LogP contribution < -0.4 is 5.32 Å². The number of aromatic nitrogens is 4. The van der Waals surface area contributed by atoms with Gasteiger partial charge < -0.3 is 15.0 Å². The van der Waals surface area contributed by atoms with Crippen molar-refractivity contribution in [3.05, 3.63) is 12.7 Å². The summed E-state index contributed by atoms with van der Waals surface area (Å²) in [6.45, 7) is 1.13. The maximum atomic E-state index is 8.72. The molecule has 2 aromatic heterocycles. The molecule has 6 nitrogen and oxygen atoms in total. The highest BCUT2D eigenvalue weighted by molar-refractivity contribution is 5.82. The summed E-state index contributed by atoms with van der Waals surface area (Å²) in [5.41, 5.74) is 1.66. The van der Waals surface area contributed by atoms with Crippen LogP contribution in [0.4, 0.5) is 5.82 Å². The fourth-order valence-electron chi connectivity index (χ4n) is 1.80. The predicted octanol–water partition coefficient (Wildman–Crippen LogP) is 1.03. The van der Waals surface area contributed by atoms with Crippen LogP contribution in [0.5, 0.6) is 0 Å². The monoisotopic (exact) mass is 235 g/mol. The number of hydrogen-bond acceptors (Lipinski definition) is 5. The van der Waals surface area contributed by atoms with Crippen molar-refractivity contribution in [2.24, 2.45) is 0 Å². The first-order valence-corrected chi connectivity index (χ1v) is 5.81. The van der Waals surface area contributed by atoms with Crippen LogP contribution in [0.3, 0.4) is 0 Å². The number of nitrogens with one attached hydrogen (secondary N) is 1. The largest absolute Gasteiger partial charge is 0.396 e. The van der Waals surface area contributed by atoms with Crippen molar-refractivity contribution in [3.63, 3.8) is 0 Å². The summed E-state index contributed by atoms with van der Waals surface area (Å²) in [6, 6.07) is 0. The van der Waals surface area contributed by atoms with Gasteiger partial charge in [-0.05, 0) is 19.3 Å². The lowest BCUT2D eigenvalue weighted by Crippen LogP contribution is -2.00. The van der Waals surface area contributed by atoms with E-state index in [1.807, 2.05) is 11.6 Å². The van der Waals surface area contributed by atoms with Crippen molar-refractivity contribution >= 4 is 17.0 Å². The number of aliphatic hydroxyl groups is 1. The molecule has 0 amide bonds. The van der Waals surface area contributed by atoms with Crippen LogP contribution >= 0.6 is 0 Å². The normalized spacial score (nSPS) is 10.9. The van der Waals surface area contributed by atoms with E-state index in [0.717, 1.165) is 42.8 Å². The molecule has 17 heavy (non-hydrogen) atoms. The van der Waals surface area contributed by atoms with Gasteiger partial charge in [0.2, 0.25) is 0 Å². The highest BCUT2D eigenvalue weighted by Crippen LogP contribution is 2.17. The molecule has 2 N–H and O–H groups in total. The van der Waals surface area contributed by atoms with E-state index in [4.69, 9.17) is 5.11 Å². The first-order valence-electron chi connectivity index (χ1n) is 5.81. The second-order valence-electron chi connectivity index (χ2n) is 3.87. The summed E-state index contributed by atoms with van der Waals surface area (Å²) in [6.07, 6.45) is 6.22. The van der Waals surface area contributed by atoms with E-state index < -0.39 is 0 Å². The van der Waals surface area contributed by atoms with Crippen LogP contribution in [0, 0.1) is 0 Å². The molecule has 0 aromatic carbocycles. The molecular weight excluding hydrogens is 218 g/mol.